The molecule has 0 aliphatic rings. The molecule has 160 valence electrons. The second kappa shape index (κ2) is 9.26. The van der Waals surface area contributed by atoms with Crippen molar-refractivity contribution in [2.45, 2.75) is 13.5 Å². The monoisotopic (exact) mass is 426 g/mol. The van der Waals surface area contributed by atoms with Crippen LogP contribution in [0.15, 0.2) is 84.3 Å². The summed E-state index contributed by atoms with van der Waals surface area (Å²) in [5.74, 6) is 0.910. The highest BCUT2D eigenvalue weighted by Crippen LogP contribution is 2.19. The zero-order valence-electron chi connectivity index (χ0n) is 17.6. The van der Waals surface area contributed by atoms with Crippen molar-refractivity contribution in [1.82, 2.24) is 19.9 Å². The van der Waals surface area contributed by atoms with Crippen LogP contribution in [0.4, 0.5) is 0 Å². The predicted octanol–water partition coefficient (Wildman–Crippen LogP) is 3.58. The quantitative estimate of drug-likeness (QED) is 0.457. The van der Waals surface area contributed by atoms with Crippen LogP contribution in [0.1, 0.15) is 21.9 Å². The number of pyridine rings is 1. The van der Waals surface area contributed by atoms with Gasteiger partial charge in [-0.05, 0) is 61.5 Å². The molecule has 4 rings (SSSR count). The van der Waals surface area contributed by atoms with E-state index in [0.717, 1.165) is 5.69 Å². The molecule has 0 radical (unpaired) electrons. The third kappa shape index (κ3) is 4.41. The first-order valence-corrected chi connectivity index (χ1v) is 10.1. The van der Waals surface area contributed by atoms with Gasteiger partial charge in [0.2, 0.25) is 0 Å². The van der Waals surface area contributed by atoms with E-state index in [1.54, 1.807) is 61.7 Å². The van der Waals surface area contributed by atoms with Gasteiger partial charge in [0.25, 0.3) is 11.5 Å². The smallest absolute Gasteiger partial charge is 0.266 e. The second-order valence-corrected chi connectivity index (χ2v) is 7.13. The van der Waals surface area contributed by atoms with E-state index < -0.39 is 0 Å². The lowest BCUT2D eigenvalue weighted by atomic mass is 10.1. The number of nitrogens with zero attached hydrogens (tertiary/aromatic N) is 3. The maximum Gasteiger partial charge on any atom is 0.266 e. The first kappa shape index (κ1) is 21.0. The van der Waals surface area contributed by atoms with E-state index >= 15 is 0 Å². The SMILES string of the molecule is C=CCOc1ccc2nc(C)n(-c3ccc(C(=O)NCc4ccccn4)cc3)c(=O)c2c1. The van der Waals surface area contributed by atoms with E-state index in [-0.39, 0.29) is 11.5 Å². The lowest BCUT2D eigenvalue weighted by Gasteiger charge is -2.12. The van der Waals surface area contributed by atoms with E-state index in [1.807, 2.05) is 18.2 Å². The third-order valence-electron chi connectivity index (χ3n) is 4.92. The number of amides is 1. The van der Waals surface area contributed by atoms with E-state index in [4.69, 9.17) is 4.74 Å². The Kier molecular flexibility index (Phi) is 6.07. The van der Waals surface area contributed by atoms with Crippen LogP contribution in [0.5, 0.6) is 5.75 Å². The number of fused-ring (bicyclic) bond motifs is 1. The van der Waals surface area contributed by atoms with Gasteiger partial charge in [-0.2, -0.15) is 0 Å². The Morgan fingerprint density at radius 1 is 1.16 bits per heavy atom. The van der Waals surface area contributed by atoms with Crippen molar-refractivity contribution in [3.05, 3.63) is 107 Å². The Morgan fingerprint density at radius 3 is 2.69 bits per heavy atom. The molecule has 1 amide bonds. The number of ether oxygens (including phenoxy) is 1. The minimum Gasteiger partial charge on any atom is -0.490 e. The molecule has 7 nitrogen and oxygen atoms in total. The fourth-order valence-electron chi connectivity index (χ4n) is 3.36. The minimum atomic E-state index is -0.216. The molecular formula is C25H22N4O3. The Morgan fingerprint density at radius 2 is 1.97 bits per heavy atom. The van der Waals surface area contributed by atoms with Gasteiger partial charge < -0.3 is 10.1 Å². The molecule has 0 bridgehead atoms. The summed E-state index contributed by atoms with van der Waals surface area (Å²) in [6.07, 6.45) is 3.33. The van der Waals surface area contributed by atoms with Crippen LogP contribution in [0.25, 0.3) is 16.6 Å². The first-order chi connectivity index (χ1) is 15.6. The molecule has 0 unspecified atom stereocenters. The minimum absolute atomic E-state index is 0.205. The number of carbonyl (C=O) groups is 1. The zero-order valence-corrected chi connectivity index (χ0v) is 17.6. The maximum atomic E-state index is 13.2. The van der Waals surface area contributed by atoms with Crippen molar-refractivity contribution in [3.63, 3.8) is 0 Å². The molecule has 0 aliphatic heterocycles. The summed E-state index contributed by atoms with van der Waals surface area (Å²) in [5.41, 5.74) is 2.28. The van der Waals surface area contributed by atoms with Crippen LogP contribution in [-0.2, 0) is 6.54 Å². The lowest BCUT2D eigenvalue weighted by molar-refractivity contribution is 0.0950. The van der Waals surface area contributed by atoms with Crippen LogP contribution in [0, 0.1) is 6.92 Å². The van der Waals surface area contributed by atoms with Crippen molar-refractivity contribution in [1.29, 1.82) is 0 Å². The summed E-state index contributed by atoms with van der Waals surface area (Å²) in [4.78, 5) is 34.4. The molecule has 1 N–H and O–H groups in total. The molecule has 0 fully saturated rings. The molecule has 7 heteroatoms. The van der Waals surface area contributed by atoms with Crippen LogP contribution < -0.4 is 15.6 Å². The van der Waals surface area contributed by atoms with Gasteiger partial charge in [0.15, 0.2) is 0 Å². The summed E-state index contributed by atoms with van der Waals surface area (Å²) in [6, 6.07) is 17.6. The van der Waals surface area contributed by atoms with E-state index in [0.29, 0.717) is 46.9 Å². The van der Waals surface area contributed by atoms with Gasteiger partial charge in [0.05, 0.1) is 28.8 Å². The van der Waals surface area contributed by atoms with E-state index in [9.17, 15) is 9.59 Å². The molecule has 32 heavy (non-hydrogen) atoms. The van der Waals surface area contributed by atoms with Crippen molar-refractivity contribution < 1.29 is 9.53 Å². The Labute approximate surface area is 185 Å². The number of benzene rings is 2. The van der Waals surface area contributed by atoms with Gasteiger partial charge >= 0.3 is 0 Å². The molecular weight excluding hydrogens is 404 g/mol. The van der Waals surface area contributed by atoms with E-state index in [2.05, 4.69) is 21.9 Å². The van der Waals surface area contributed by atoms with Gasteiger partial charge in [0.1, 0.15) is 18.2 Å². The van der Waals surface area contributed by atoms with Gasteiger partial charge in [-0.3, -0.25) is 19.1 Å². The molecule has 0 atom stereocenters. The molecule has 2 aromatic carbocycles. The average Bonchev–Trinajstić information content (AvgIpc) is 2.82. The standard InChI is InChI=1S/C25H22N4O3/c1-3-14-32-21-11-12-23-22(15-21)25(31)29(17(2)28-23)20-9-7-18(8-10-20)24(30)27-16-19-6-4-5-13-26-19/h3-13,15H,1,14,16H2,2H3,(H,27,30). The topological polar surface area (TPSA) is 86.1 Å². The van der Waals surface area contributed by atoms with Gasteiger partial charge in [-0.25, -0.2) is 4.98 Å². The highest BCUT2D eigenvalue weighted by molar-refractivity contribution is 5.94. The number of hydrogen-bond acceptors (Lipinski definition) is 5. The third-order valence-corrected chi connectivity index (χ3v) is 4.92. The fourth-order valence-corrected chi connectivity index (χ4v) is 3.36. The van der Waals surface area contributed by atoms with Crippen LogP contribution in [-0.4, -0.2) is 27.0 Å². The summed E-state index contributed by atoms with van der Waals surface area (Å²) < 4.78 is 7.07. The molecule has 4 aromatic rings. The molecule has 0 aliphatic carbocycles. The number of nitrogens with one attached hydrogen (secondary N) is 1. The molecule has 2 aromatic heterocycles. The number of hydrogen-bond donors (Lipinski definition) is 1. The summed E-state index contributed by atoms with van der Waals surface area (Å²) in [7, 11) is 0. The zero-order chi connectivity index (χ0) is 22.5. The largest absolute Gasteiger partial charge is 0.490 e. The van der Waals surface area contributed by atoms with Crippen molar-refractivity contribution in [2.24, 2.45) is 0 Å². The molecule has 0 spiro atoms. The van der Waals surface area contributed by atoms with E-state index in [1.165, 1.54) is 4.57 Å². The highest BCUT2D eigenvalue weighted by Gasteiger charge is 2.12. The van der Waals surface area contributed by atoms with Crippen molar-refractivity contribution >= 4 is 16.8 Å². The van der Waals surface area contributed by atoms with Crippen molar-refractivity contribution in [3.8, 4) is 11.4 Å². The average molecular weight is 426 g/mol. The molecule has 0 saturated heterocycles. The predicted molar refractivity (Wildman–Crippen MR) is 123 cm³/mol. The lowest BCUT2D eigenvalue weighted by Crippen LogP contribution is -2.24. The first-order valence-electron chi connectivity index (χ1n) is 10.1. The van der Waals surface area contributed by atoms with Crippen LogP contribution in [0.2, 0.25) is 0 Å². The Balaban J connectivity index is 1.60. The molecule has 0 saturated carbocycles. The van der Waals surface area contributed by atoms with Crippen LogP contribution in [0.3, 0.4) is 0 Å². The summed E-state index contributed by atoms with van der Waals surface area (Å²) in [6.45, 7) is 6.10. The Bertz CT molecular complexity index is 1330. The second-order valence-electron chi connectivity index (χ2n) is 7.13. The van der Waals surface area contributed by atoms with Crippen LogP contribution >= 0.6 is 0 Å². The summed E-state index contributed by atoms with van der Waals surface area (Å²) in [5, 5.41) is 3.29. The van der Waals surface area contributed by atoms with Crippen molar-refractivity contribution in [2.75, 3.05) is 6.61 Å². The number of aromatic nitrogens is 3. The number of rotatable bonds is 7. The highest BCUT2D eigenvalue weighted by atomic mass is 16.5. The number of aryl methyl sites for hydroxylation is 1. The normalized spacial score (nSPS) is 10.7. The Hall–Kier alpha value is -4.26. The molecule has 2 heterocycles. The van der Waals surface area contributed by atoms with Gasteiger partial charge in [0, 0.05) is 11.8 Å². The fraction of sp³-hybridized carbons (Fsp3) is 0.120. The number of carbonyl (C=O) groups excluding carboxylic acids is 1. The summed E-state index contributed by atoms with van der Waals surface area (Å²) >= 11 is 0. The maximum absolute atomic E-state index is 13.2. The van der Waals surface area contributed by atoms with Gasteiger partial charge in [-0.15, -0.1) is 0 Å². The van der Waals surface area contributed by atoms with Gasteiger partial charge in [-0.1, -0.05) is 18.7 Å².